The predicted octanol–water partition coefficient (Wildman–Crippen LogP) is 4.54. The molecule has 10 heteroatoms. The maximum atomic E-state index is 14.4. The monoisotopic (exact) mass is 439 g/mol. The van der Waals surface area contributed by atoms with E-state index in [4.69, 9.17) is 4.74 Å². The lowest BCUT2D eigenvalue weighted by atomic mass is 10.1. The van der Waals surface area contributed by atoms with Gasteiger partial charge < -0.3 is 9.64 Å². The van der Waals surface area contributed by atoms with Gasteiger partial charge in [-0.25, -0.2) is 14.2 Å². The third-order valence-electron chi connectivity index (χ3n) is 5.04. The lowest BCUT2D eigenvalue weighted by Gasteiger charge is -2.22. The highest BCUT2D eigenvalue weighted by atomic mass is 19.4. The van der Waals surface area contributed by atoms with E-state index in [1.807, 2.05) is 6.92 Å². The Morgan fingerprint density at radius 3 is 2.65 bits per heavy atom. The number of alkyl halides is 3. The van der Waals surface area contributed by atoms with E-state index in [9.17, 15) is 27.2 Å². The molecule has 1 aliphatic rings. The van der Waals surface area contributed by atoms with Gasteiger partial charge in [-0.05, 0) is 24.6 Å². The van der Waals surface area contributed by atoms with Gasteiger partial charge >= 0.3 is 12.2 Å². The Morgan fingerprint density at radius 2 is 2.03 bits per heavy atom. The van der Waals surface area contributed by atoms with E-state index in [1.165, 1.54) is 12.0 Å². The smallest absolute Gasteiger partial charge is 0.417 e. The highest BCUT2D eigenvalue weighted by Crippen LogP contribution is 2.33. The summed E-state index contributed by atoms with van der Waals surface area (Å²) in [5.41, 5.74) is -0.893. The number of methoxy groups -OCH3 is 1. The second-order valence-corrected chi connectivity index (χ2v) is 7.15. The summed E-state index contributed by atoms with van der Waals surface area (Å²) in [7, 11) is 1.47. The van der Waals surface area contributed by atoms with Gasteiger partial charge in [-0.3, -0.25) is 9.69 Å². The quantitative estimate of drug-likeness (QED) is 0.469. The zero-order valence-electron chi connectivity index (χ0n) is 16.9. The molecule has 3 rings (SSSR count). The second kappa shape index (κ2) is 8.91. The van der Waals surface area contributed by atoms with Crippen LogP contribution in [-0.2, 0) is 6.18 Å². The topological polar surface area (TPSA) is 62.7 Å². The van der Waals surface area contributed by atoms with Crippen molar-refractivity contribution in [1.29, 1.82) is 0 Å². The zero-order valence-corrected chi connectivity index (χ0v) is 16.9. The molecule has 0 aliphatic carbocycles. The number of benzene rings is 1. The van der Waals surface area contributed by atoms with Crippen LogP contribution >= 0.6 is 0 Å². The molecule has 1 aliphatic heterocycles. The van der Waals surface area contributed by atoms with Crippen molar-refractivity contribution in [2.24, 2.45) is 0 Å². The summed E-state index contributed by atoms with van der Waals surface area (Å²) >= 11 is 0. The minimum atomic E-state index is -4.75. The Kier molecular flexibility index (Phi) is 6.47. The minimum Gasteiger partial charge on any atom is -0.497 e. The Hall–Kier alpha value is -3.17. The van der Waals surface area contributed by atoms with E-state index in [1.54, 1.807) is 24.3 Å². The van der Waals surface area contributed by atoms with Gasteiger partial charge in [0, 0.05) is 18.3 Å². The van der Waals surface area contributed by atoms with Crippen LogP contribution in [0.15, 0.2) is 36.5 Å². The van der Waals surface area contributed by atoms with E-state index >= 15 is 0 Å². The van der Waals surface area contributed by atoms with Gasteiger partial charge in [-0.1, -0.05) is 25.5 Å². The second-order valence-electron chi connectivity index (χ2n) is 7.15. The molecule has 1 fully saturated rings. The third-order valence-corrected chi connectivity index (χ3v) is 5.04. The zero-order chi connectivity index (χ0) is 22.8. The summed E-state index contributed by atoms with van der Waals surface area (Å²) in [6.07, 6.45) is -3.03. The van der Waals surface area contributed by atoms with E-state index < -0.39 is 35.4 Å². The first-order valence-electron chi connectivity index (χ1n) is 9.63. The number of hydrogen-bond donors (Lipinski definition) is 0. The normalized spacial score (nSPS) is 16.7. The molecule has 1 saturated heterocycles. The third kappa shape index (κ3) is 4.78. The first-order valence-corrected chi connectivity index (χ1v) is 9.63. The first-order chi connectivity index (χ1) is 14.7. The van der Waals surface area contributed by atoms with Crippen LogP contribution in [0, 0.1) is 5.82 Å². The number of hydrogen-bond acceptors (Lipinski definition) is 4. The molecule has 2 aromatic rings. The van der Waals surface area contributed by atoms with E-state index in [0.29, 0.717) is 36.4 Å². The number of nitrogens with zero attached hydrogens (tertiary/aromatic N) is 3. The SMILES string of the molecule is CCC[C@H]1CN(c2ncc(C(F)(F)F)cc2F)C(=O)N1CC(=O)c1cccc(OC)c1. The molecular weight excluding hydrogens is 418 g/mol. The van der Waals surface area contributed by atoms with Gasteiger partial charge in [0.25, 0.3) is 0 Å². The van der Waals surface area contributed by atoms with Crippen molar-refractivity contribution < 1.29 is 31.9 Å². The van der Waals surface area contributed by atoms with E-state index in [-0.39, 0.29) is 18.9 Å². The van der Waals surface area contributed by atoms with Crippen LogP contribution in [0.5, 0.6) is 5.75 Å². The molecule has 1 aromatic heterocycles. The minimum absolute atomic E-state index is 0.0212. The van der Waals surface area contributed by atoms with Crippen molar-refractivity contribution in [3.63, 3.8) is 0 Å². The van der Waals surface area contributed by atoms with E-state index in [0.717, 1.165) is 4.90 Å². The number of pyridine rings is 1. The molecule has 0 saturated carbocycles. The summed E-state index contributed by atoms with van der Waals surface area (Å²) < 4.78 is 57.9. The van der Waals surface area contributed by atoms with Crippen LogP contribution in [0.4, 0.5) is 28.2 Å². The lowest BCUT2D eigenvalue weighted by molar-refractivity contribution is -0.138. The van der Waals surface area contributed by atoms with E-state index in [2.05, 4.69) is 4.98 Å². The summed E-state index contributed by atoms with van der Waals surface area (Å²) in [6.45, 7) is 1.66. The van der Waals surface area contributed by atoms with Crippen molar-refractivity contribution in [3.05, 3.63) is 53.5 Å². The average molecular weight is 439 g/mol. The Morgan fingerprint density at radius 1 is 1.29 bits per heavy atom. The summed E-state index contributed by atoms with van der Waals surface area (Å²) in [5, 5.41) is 0. The molecule has 0 radical (unpaired) electrons. The van der Waals surface area contributed by atoms with Crippen molar-refractivity contribution in [2.75, 3.05) is 25.1 Å². The van der Waals surface area contributed by atoms with Gasteiger partial charge in [-0.15, -0.1) is 0 Å². The number of Topliss-reactive ketones (excluding diaryl/α,β-unsaturated/α-hetero) is 1. The molecule has 0 spiro atoms. The van der Waals surface area contributed by atoms with Gasteiger partial charge in [-0.2, -0.15) is 13.2 Å². The van der Waals surface area contributed by atoms with Gasteiger partial charge in [0.15, 0.2) is 17.4 Å². The summed E-state index contributed by atoms with van der Waals surface area (Å²) in [6, 6.07) is 5.69. The fraction of sp³-hybridized carbons (Fsp3) is 0.381. The number of carbonyl (C=O) groups is 2. The van der Waals surface area contributed by atoms with Crippen LogP contribution in [0.1, 0.15) is 35.7 Å². The summed E-state index contributed by atoms with van der Waals surface area (Å²) in [4.78, 5) is 31.5. The Balaban J connectivity index is 1.85. The summed E-state index contributed by atoms with van der Waals surface area (Å²) in [5.74, 6) is -1.59. The average Bonchev–Trinajstić information content (AvgIpc) is 3.03. The number of halogens is 4. The largest absolute Gasteiger partial charge is 0.497 e. The van der Waals surface area contributed by atoms with Crippen molar-refractivity contribution >= 4 is 17.6 Å². The molecule has 6 nitrogen and oxygen atoms in total. The molecule has 0 N–H and O–H groups in total. The maximum Gasteiger partial charge on any atom is 0.417 e. The van der Waals surface area contributed by atoms with Crippen LogP contribution < -0.4 is 9.64 Å². The lowest BCUT2D eigenvalue weighted by Crippen LogP contribution is -2.39. The molecule has 0 bridgehead atoms. The number of amides is 2. The molecule has 31 heavy (non-hydrogen) atoms. The molecular formula is C21H21F4N3O3. The Labute approximate surface area is 176 Å². The van der Waals surface area contributed by atoms with Gasteiger partial charge in [0.1, 0.15) is 5.75 Å². The first kappa shape index (κ1) is 22.5. The predicted molar refractivity (Wildman–Crippen MR) is 105 cm³/mol. The number of anilines is 1. The number of rotatable bonds is 7. The maximum absolute atomic E-state index is 14.4. The van der Waals surface area contributed by atoms with Crippen LogP contribution in [0.3, 0.4) is 0 Å². The number of ketones is 1. The molecule has 2 amide bonds. The Bertz CT molecular complexity index is 981. The highest BCUT2D eigenvalue weighted by Gasteiger charge is 2.41. The van der Waals surface area contributed by atoms with Crippen LogP contribution in [-0.4, -0.2) is 47.9 Å². The van der Waals surface area contributed by atoms with Gasteiger partial charge in [0.05, 0.1) is 25.3 Å². The fourth-order valence-corrected chi connectivity index (χ4v) is 3.48. The van der Waals surface area contributed by atoms with Crippen LogP contribution in [0.25, 0.3) is 0 Å². The molecule has 2 heterocycles. The standard InChI is InChI=1S/C21H21F4N3O3/c1-3-5-15-11-28(19-17(22)9-14(10-26-19)21(23,24)25)20(30)27(15)12-18(29)13-6-4-7-16(8-13)31-2/h4,6-10,15H,3,5,11-12H2,1-2H3/t15-/m0/s1. The van der Waals surface area contributed by atoms with Crippen molar-refractivity contribution in [2.45, 2.75) is 32.0 Å². The molecule has 166 valence electrons. The highest BCUT2D eigenvalue weighted by molar-refractivity contribution is 6.02. The number of urea groups is 1. The molecule has 0 unspecified atom stereocenters. The number of carbonyl (C=O) groups excluding carboxylic acids is 2. The number of ether oxygens (including phenoxy) is 1. The molecule has 1 aromatic carbocycles. The molecule has 1 atom stereocenters. The number of aromatic nitrogens is 1. The van der Waals surface area contributed by atoms with Crippen molar-refractivity contribution in [3.8, 4) is 5.75 Å². The van der Waals surface area contributed by atoms with Crippen molar-refractivity contribution in [1.82, 2.24) is 9.88 Å². The fourth-order valence-electron chi connectivity index (χ4n) is 3.48. The van der Waals surface area contributed by atoms with Crippen LogP contribution in [0.2, 0.25) is 0 Å². The van der Waals surface area contributed by atoms with Gasteiger partial charge in [0.2, 0.25) is 0 Å².